The van der Waals surface area contributed by atoms with Gasteiger partial charge in [0, 0.05) is 11.9 Å². The molecule has 0 aliphatic heterocycles. The van der Waals surface area contributed by atoms with E-state index in [4.69, 9.17) is 10.00 Å². The molecule has 0 bridgehead atoms. The second-order valence-corrected chi connectivity index (χ2v) is 8.69. The Kier molecular flexibility index (Phi) is 6.46. The number of hydrogen-bond acceptors (Lipinski definition) is 9. The van der Waals surface area contributed by atoms with Crippen molar-refractivity contribution in [2.75, 3.05) is 11.6 Å². The average Bonchev–Trinajstić information content (AvgIpc) is 2.72. The maximum Gasteiger partial charge on any atom is 0.435 e. The summed E-state index contributed by atoms with van der Waals surface area (Å²) in [7, 11) is -3.64. The highest BCUT2D eigenvalue weighted by Crippen LogP contribution is 2.34. The van der Waals surface area contributed by atoms with Crippen molar-refractivity contribution in [3.05, 3.63) is 58.8 Å². The first kappa shape index (κ1) is 24.5. The number of rotatable bonds is 5. The molecule has 1 N–H and O–H groups in total. The number of halogens is 4. The van der Waals surface area contributed by atoms with Gasteiger partial charge in [0.2, 0.25) is 5.95 Å². The van der Waals surface area contributed by atoms with Crippen LogP contribution >= 0.6 is 0 Å². The maximum absolute atomic E-state index is 13.8. The van der Waals surface area contributed by atoms with Gasteiger partial charge in [0.1, 0.15) is 17.2 Å². The van der Waals surface area contributed by atoms with E-state index in [2.05, 4.69) is 25.5 Å². The molecular formula is C19H12F4N6O4S. The number of nitrogens with one attached hydrogen (secondary N) is 1. The molecule has 2 heterocycles. The van der Waals surface area contributed by atoms with E-state index in [-0.39, 0.29) is 10.6 Å². The zero-order valence-electron chi connectivity index (χ0n) is 17.2. The number of amides is 1. The third-order valence-corrected chi connectivity index (χ3v) is 5.34. The average molecular weight is 496 g/mol. The van der Waals surface area contributed by atoms with Gasteiger partial charge < -0.3 is 10.1 Å². The van der Waals surface area contributed by atoms with Gasteiger partial charge in [-0.15, -0.1) is 10.2 Å². The van der Waals surface area contributed by atoms with E-state index in [1.165, 1.54) is 24.3 Å². The van der Waals surface area contributed by atoms with Crippen LogP contribution in [0.4, 0.5) is 23.2 Å². The molecular weight excluding hydrogens is 484 g/mol. The van der Waals surface area contributed by atoms with Crippen LogP contribution in [0.15, 0.2) is 35.4 Å². The highest BCUT2D eigenvalue weighted by atomic mass is 32.2. The van der Waals surface area contributed by atoms with Crippen LogP contribution in [0.1, 0.15) is 27.2 Å². The quantitative estimate of drug-likeness (QED) is 0.416. The van der Waals surface area contributed by atoms with Crippen molar-refractivity contribution in [2.45, 2.75) is 18.0 Å². The van der Waals surface area contributed by atoms with Gasteiger partial charge in [0.05, 0.1) is 11.1 Å². The highest BCUT2D eigenvalue weighted by molar-refractivity contribution is 7.90. The van der Waals surface area contributed by atoms with Crippen LogP contribution in [0.5, 0.6) is 11.9 Å². The number of alkyl halides is 3. The molecule has 0 fully saturated rings. The van der Waals surface area contributed by atoms with Crippen LogP contribution in [-0.2, 0) is 16.0 Å². The first-order valence-corrected chi connectivity index (χ1v) is 10.9. The van der Waals surface area contributed by atoms with Gasteiger partial charge in [0.15, 0.2) is 15.5 Å². The van der Waals surface area contributed by atoms with Crippen molar-refractivity contribution in [1.82, 2.24) is 20.2 Å². The highest BCUT2D eigenvalue weighted by Gasteiger charge is 2.38. The predicted molar refractivity (Wildman–Crippen MR) is 106 cm³/mol. The summed E-state index contributed by atoms with van der Waals surface area (Å²) in [5, 5.41) is 17.3. The van der Waals surface area contributed by atoms with E-state index >= 15 is 0 Å². The fourth-order valence-corrected chi connectivity index (χ4v) is 3.33. The molecule has 1 amide bonds. The lowest BCUT2D eigenvalue weighted by Gasteiger charge is -2.15. The van der Waals surface area contributed by atoms with Gasteiger partial charge in [-0.05, 0) is 30.7 Å². The van der Waals surface area contributed by atoms with E-state index in [9.17, 15) is 30.8 Å². The number of carbonyl (C=O) groups excluding carboxylic acids is 1. The van der Waals surface area contributed by atoms with Gasteiger partial charge in [-0.2, -0.15) is 27.8 Å². The summed E-state index contributed by atoms with van der Waals surface area (Å²) < 4.78 is 82.4. The first-order chi connectivity index (χ1) is 15.8. The lowest BCUT2D eigenvalue weighted by Crippen LogP contribution is -2.21. The zero-order chi connectivity index (χ0) is 25.3. The van der Waals surface area contributed by atoms with Crippen molar-refractivity contribution in [1.29, 1.82) is 5.26 Å². The summed E-state index contributed by atoms with van der Waals surface area (Å²) in [6.07, 6.45) is -3.28. The van der Waals surface area contributed by atoms with E-state index < -0.39 is 62.1 Å². The van der Waals surface area contributed by atoms with Crippen molar-refractivity contribution >= 4 is 21.4 Å². The zero-order valence-corrected chi connectivity index (χ0v) is 18.0. The minimum Gasteiger partial charge on any atom is -0.403 e. The molecule has 0 aliphatic rings. The van der Waals surface area contributed by atoms with Crippen LogP contribution in [-0.4, -0.2) is 40.7 Å². The molecule has 0 saturated carbocycles. The Morgan fingerprint density at radius 3 is 2.53 bits per heavy atom. The van der Waals surface area contributed by atoms with Crippen LogP contribution in [0, 0.1) is 24.2 Å². The van der Waals surface area contributed by atoms with Gasteiger partial charge in [-0.25, -0.2) is 13.4 Å². The number of aromatic nitrogens is 4. The molecule has 34 heavy (non-hydrogen) atoms. The van der Waals surface area contributed by atoms with Crippen LogP contribution in [0.25, 0.3) is 0 Å². The number of nitrogens with zero attached hydrogens (tertiary/aromatic N) is 5. The Morgan fingerprint density at radius 2 is 1.94 bits per heavy atom. The summed E-state index contributed by atoms with van der Waals surface area (Å²) in [6, 6.07) is 5.71. The third-order valence-electron chi connectivity index (χ3n) is 4.23. The molecule has 176 valence electrons. The normalized spacial score (nSPS) is 11.6. The Labute approximate surface area is 189 Å². The lowest BCUT2D eigenvalue weighted by molar-refractivity contribution is -0.142. The molecule has 0 saturated heterocycles. The second kappa shape index (κ2) is 8.98. The van der Waals surface area contributed by atoms with Crippen LogP contribution < -0.4 is 10.1 Å². The number of hydrogen-bond donors (Lipinski definition) is 1. The molecule has 0 spiro atoms. The number of nitriles is 1. The van der Waals surface area contributed by atoms with E-state index in [0.717, 1.165) is 25.4 Å². The number of anilines is 1. The van der Waals surface area contributed by atoms with Gasteiger partial charge in [-0.3, -0.25) is 4.79 Å². The summed E-state index contributed by atoms with van der Waals surface area (Å²) >= 11 is 0. The Balaban J connectivity index is 2.07. The molecule has 3 rings (SSSR count). The lowest BCUT2D eigenvalue weighted by atomic mass is 10.1. The Bertz CT molecular complexity index is 1440. The van der Waals surface area contributed by atoms with Gasteiger partial charge >= 0.3 is 12.2 Å². The topological polar surface area (TPSA) is 148 Å². The Morgan fingerprint density at radius 1 is 1.24 bits per heavy atom. The van der Waals surface area contributed by atoms with Crippen molar-refractivity contribution < 1.29 is 35.5 Å². The predicted octanol–water partition coefficient (Wildman–Crippen LogP) is 3.05. The molecule has 0 aliphatic carbocycles. The summed E-state index contributed by atoms with van der Waals surface area (Å²) in [5.74, 6) is -3.22. The third kappa shape index (κ3) is 5.23. The molecule has 2 aromatic heterocycles. The van der Waals surface area contributed by atoms with E-state index in [0.29, 0.717) is 0 Å². The van der Waals surface area contributed by atoms with Crippen LogP contribution in [0.3, 0.4) is 0 Å². The smallest absolute Gasteiger partial charge is 0.403 e. The fourth-order valence-electron chi connectivity index (χ4n) is 2.66. The molecule has 3 aromatic rings. The monoisotopic (exact) mass is 496 g/mol. The number of benzene rings is 1. The molecule has 0 unspecified atom stereocenters. The number of sulfone groups is 1. The Hall–Kier alpha value is -4.19. The minimum absolute atomic E-state index is 0.0516. The van der Waals surface area contributed by atoms with Crippen molar-refractivity contribution in [3.8, 4) is 18.0 Å². The fraction of sp³-hybridized carbons (Fsp3) is 0.158. The van der Waals surface area contributed by atoms with Crippen molar-refractivity contribution in [3.63, 3.8) is 0 Å². The summed E-state index contributed by atoms with van der Waals surface area (Å²) in [4.78, 5) is 19.6. The number of carbonyl (C=O) groups is 1. The number of ether oxygens (including phenoxy) is 1. The van der Waals surface area contributed by atoms with Gasteiger partial charge in [-0.1, -0.05) is 6.07 Å². The first-order valence-electron chi connectivity index (χ1n) is 8.97. The largest absolute Gasteiger partial charge is 0.435 e. The van der Waals surface area contributed by atoms with E-state index in [1.807, 2.05) is 0 Å². The van der Waals surface area contributed by atoms with Crippen molar-refractivity contribution in [2.24, 2.45) is 0 Å². The summed E-state index contributed by atoms with van der Waals surface area (Å²) in [6.45, 7) is 0.937. The molecule has 0 atom stereocenters. The molecule has 1 aromatic carbocycles. The molecule has 0 radical (unpaired) electrons. The minimum atomic E-state index is -4.97. The second-order valence-electron chi connectivity index (χ2n) is 6.68. The van der Waals surface area contributed by atoms with E-state index in [1.54, 1.807) is 0 Å². The SMILES string of the molecule is Cc1c(C(F)(F)F)nnc(Oc2ncc(C#N)c(F)n2)c1C(=O)Nc1cccc(S(C)(=O)=O)c1. The maximum atomic E-state index is 13.8. The van der Waals surface area contributed by atoms with Gasteiger partial charge in [0.25, 0.3) is 11.8 Å². The molecule has 10 nitrogen and oxygen atoms in total. The summed E-state index contributed by atoms with van der Waals surface area (Å²) in [5.41, 5.74) is -3.47. The standard InChI is InChI=1S/C19H12F4N6O4S/c1-9-13(16(30)26-11-4-3-5-12(6-11)34(2,31)32)17(29-28-14(9)19(21,22)23)33-18-25-8-10(7-24)15(20)27-18/h3-6,8H,1-2H3,(H,26,30). The van der Waals surface area contributed by atoms with Crippen LogP contribution in [0.2, 0.25) is 0 Å². The molecule has 15 heteroatoms.